The lowest BCUT2D eigenvalue weighted by Crippen LogP contribution is -2.12. The summed E-state index contributed by atoms with van der Waals surface area (Å²) in [5.74, 6) is -0.399. The maximum Gasteiger partial charge on any atom is 0.337 e. The van der Waals surface area contributed by atoms with Gasteiger partial charge in [-0.3, -0.25) is 4.79 Å². The van der Waals surface area contributed by atoms with Gasteiger partial charge < -0.3 is 19.2 Å². The maximum atomic E-state index is 12.5. The summed E-state index contributed by atoms with van der Waals surface area (Å²) in [5.41, 5.74) is 1.03. The third-order valence-corrected chi connectivity index (χ3v) is 3.92. The van der Waals surface area contributed by atoms with Crippen molar-refractivity contribution in [1.82, 2.24) is 0 Å². The molecule has 0 fully saturated rings. The van der Waals surface area contributed by atoms with Gasteiger partial charge in [-0.25, -0.2) is 4.79 Å². The minimum atomic E-state index is -0.527. The fraction of sp³-hybridized carbons (Fsp3) is 0.111. The quantitative estimate of drug-likeness (QED) is 0.708. The van der Waals surface area contributed by atoms with E-state index >= 15 is 0 Å². The number of hydrogen-bond donors (Lipinski definition) is 1. The zero-order valence-electron chi connectivity index (χ0n) is 13.5. The molecule has 0 aliphatic rings. The lowest BCUT2D eigenvalue weighted by Gasteiger charge is -2.07. The van der Waals surface area contributed by atoms with Crippen molar-refractivity contribution < 1.29 is 23.5 Å². The van der Waals surface area contributed by atoms with Crippen molar-refractivity contribution in [2.45, 2.75) is 0 Å². The number of anilines is 1. The van der Waals surface area contributed by atoms with Crippen LogP contribution in [-0.2, 0) is 4.74 Å². The van der Waals surface area contributed by atoms with Crippen molar-refractivity contribution in [3.63, 3.8) is 0 Å². The Morgan fingerprint density at radius 1 is 1.12 bits per heavy atom. The second-order valence-corrected chi connectivity index (χ2v) is 5.54. The Morgan fingerprint density at radius 3 is 2.64 bits per heavy atom. The summed E-state index contributed by atoms with van der Waals surface area (Å²) in [6.45, 7) is 0. The van der Waals surface area contributed by atoms with Crippen LogP contribution in [0.1, 0.15) is 20.9 Å². The van der Waals surface area contributed by atoms with Gasteiger partial charge in [0.05, 0.1) is 30.5 Å². The van der Waals surface area contributed by atoms with E-state index in [0.29, 0.717) is 11.3 Å². The molecule has 1 aromatic heterocycles. The number of carbonyl (C=O) groups excluding carboxylic acids is 2. The number of fused-ring (bicyclic) bond motifs is 1. The predicted molar refractivity (Wildman–Crippen MR) is 93.5 cm³/mol. The van der Waals surface area contributed by atoms with Gasteiger partial charge >= 0.3 is 5.97 Å². The van der Waals surface area contributed by atoms with Gasteiger partial charge in [0.2, 0.25) is 0 Å². The zero-order valence-corrected chi connectivity index (χ0v) is 14.2. The number of carbonyl (C=O) groups is 2. The van der Waals surface area contributed by atoms with Crippen molar-refractivity contribution in [2.75, 3.05) is 19.5 Å². The smallest absolute Gasteiger partial charge is 0.337 e. The summed E-state index contributed by atoms with van der Waals surface area (Å²) in [4.78, 5) is 24.1. The van der Waals surface area contributed by atoms with Gasteiger partial charge in [0, 0.05) is 5.39 Å². The molecule has 3 aromatic rings. The van der Waals surface area contributed by atoms with E-state index in [1.54, 1.807) is 18.2 Å². The number of para-hydroxylation sites is 1. The Bertz CT molecular complexity index is 963. The monoisotopic (exact) mass is 359 g/mol. The SMILES string of the molecule is COC(=O)c1ccc(Cl)c(NC(=O)c2cc3cccc(OC)c3o2)c1. The number of amides is 1. The van der Waals surface area contributed by atoms with Gasteiger partial charge in [0.25, 0.3) is 5.91 Å². The lowest BCUT2D eigenvalue weighted by atomic mass is 10.2. The van der Waals surface area contributed by atoms with E-state index in [2.05, 4.69) is 10.1 Å². The van der Waals surface area contributed by atoms with E-state index in [4.69, 9.17) is 20.8 Å². The molecule has 25 heavy (non-hydrogen) atoms. The fourth-order valence-corrected chi connectivity index (χ4v) is 2.52. The summed E-state index contributed by atoms with van der Waals surface area (Å²) >= 11 is 6.08. The summed E-state index contributed by atoms with van der Waals surface area (Å²) in [6.07, 6.45) is 0. The number of rotatable bonds is 4. The Kier molecular flexibility index (Phi) is 4.63. The summed E-state index contributed by atoms with van der Waals surface area (Å²) in [6, 6.07) is 11.4. The van der Waals surface area contributed by atoms with E-state index in [0.717, 1.165) is 5.39 Å². The molecule has 0 bridgehead atoms. The Morgan fingerprint density at radius 2 is 1.92 bits per heavy atom. The highest BCUT2D eigenvalue weighted by Gasteiger charge is 2.17. The number of ether oxygens (including phenoxy) is 2. The van der Waals surface area contributed by atoms with Gasteiger partial charge in [0.1, 0.15) is 0 Å². The first-order valence-corrected chi connectivity index (χ1v) is 7.67. The molecule has 6 nitrogen and oxygen atoms in total. The van der Waals surface area contributed by atoms with Gasteiger partial charge in [-0.2, -0.15) is 0 Å². The number of esters is 1. The molecule has 0 aliphatic heterocycles. The summed E-state index contributed by atoms with van der Waals surface area (Å²) < 4.78 is 15.5. The van der Waals surface area contributed by atoms with Gasteiger partial charge in [0.15, 0.2) is 17.1 Å². The zero-order chi connectivity index (χ0) is 18.0. The molecule has 0 aliphatic carbocycles. The predicted octanol–water partition coefficient (Wildman–Crippen LogP) is 4.13. The van der Waals surface area contributed by atoms with Crippen LogP contribution in [-0.4, -0.2) is 26.1 Å². The number of nitrogens with one attached hydrogen (secondary N) is 1. The van der Waals surface area contributed by atoms with Crippen LogP contribution < -0.4 is 10.1 Å². The molecule has 1 heterocycles. The Labute approximate surface area is 148 Å². The van der Waals surface area contributed by atoms with Gasteiger partial charge in [-0.1, -0.05) is 23.7 Å². The molecular formula is C18H14ClNO5. The average molecular weight is 360 g/mol. The fourth-order valence-electron chi connectivity index (χ4n) is 2.36. The van der Waals surface area contributed by atoms with Gasteiger partial charge in [-0.05, 0) is 30.3 Å². The number of methoxy groups -OCH3 is 2. The van der Waals surface area contributed by atoms with Crippen LogP contribution >= 0.6 is 11.6 Å². The highest BCUT2D eigenvalue weighted by atomic mass is 35.5. The minimum absolute atomic E-state index is 0.0963. The van der Waals surface area contributed by atoms with Gasteiger partial charge in [-0.15, -0.1) is 0 Å². The van der Waals surface area contributed by atoms with Crippen LogP contribution in [0.3, 0.4) is 0 Å². The van der Waals surface area contributed by atoms with Crippen LogP contribution in [0.2, 0.25) is 5.02 Å². The van der Waals surface area contributed by atoms with Crippen LogP contribution in [0.15, 0.2) is 46.9 Å². The van der Waals surface area contributed by atoms with E-state index in [9.17, 15) is 9.59 Å². The number of hydrogen-bond acceptors (Lipinski definition) is 5. The Balaban J connectivity index is 1.91. The molecule has 128 valence electrons. The first-order chi connectivity index (χ1) is 12.0. The molecule has 0 atom stereocenters. The second kappa shape index (κ2) is 6.86. The molecule has 1 amide bonds. The molecule has 1 N–H and O–H groups in total. The van der Waals surface area contributed by atoms with Crippen molar-refractivity contribution in [1.29, 1.82) is 0 Å². The second-order valence-electron chi connectivity index (χ2n) is 5.13. The lowest BCUT2D eigenvalue weighted by molar-refractivity contribution is 0.0600. The van der Waals surface area contributed by atoms with Crippen LogP contribution in [0.25, 0.3) is 11.0 Å². The Hall–Kier alpha value is -2.99. The molecule has 0 saturated heterocycles. The molecular weight excluding hydrogens is 346 g/mol. The average Bonchev–Trinajstić information content (AvgIpc) is 3.07. The highest BCUT2D eigenvalue weighted by Crippen LogP contribution is 2.29. The van der Waals surface area contributed by atoms with Crippen molar-refractivity contribution >= 4 is 40.1 Å². The standard InChI is InChI=1S/C18H14ClNO5/c1-23-14-5-3-4-10-9-15(25-16(10)14)17(21)20-13-8-11(18(22)24-2)6-7-12(13)19/h3-9H,1-2H3,(H,20,21). The highest BCUT2D eigenvalue weighted by molar-refractivity contribution is 6.34. The summed E-state index contributed by atoms with van der Waals surface area (Å²) in [5, 5.41) is 3.65. The van der Waals surface area contributed by atoms with E-state index in [1.807, 2.05) is 6.07 Å². The normalized spacial score (nSPS) is 10.5. The van der Waals surface area contributed by atoms with E-state index < -0.39 is 11.9 Å². The van der Waals surface area contributed by atoms with Crippen LogP contribution in [0.4, 0.5) is 5.69 Å². The minimum Gasteiger partial charge on any atom is -0.493 e. The number of halogens is 1. The van der Waals surface area contributed by atoms with E-state index in [1.165, 1.54) is 32.4 Å². The largest absolute Gasteiger partial charge is 0.493 e. The molecule has 0 spiro atoms. The first-order valence-electron chi connectivity index (χ1n) is 7.29. The molecule has 2 aromatic carbocycles. The molecule has 3 rings (SSSR count). The van der Waals surface area contributed by atoms with E-state index in [-0.39, 0.29) is 22.0 Å². The van der Waals surface area contributed by atoms with Crippen molar-refractivity contribution in [3.8, 4) is 5.75 Å². The molecule has 0 saturated carbocycles. The number of benzene rings is 2. The topological polar surface area (TPSA) is 77.8 Å². The third-order valence-electron chi connectivity index (χ3n) is 3.59. The van der Waals surface area contributed by atoms with Crippen LogP contribution in [0.5, 0.6) is 5.75 Å². The van der Waals surface area contributed by atoms with Crippen LogP contribution in [0, 0.1) is 0 Å². The van der Waals surface area contributed by atoms with Crippen molar-refractivity contribution in [2.24, 2.45) is 0 Å². The summed E-state index contributed by atoms with van der Waals surface area (Å²) in [7, 11) is 2.80. The molecule has 0 unspecified atom stereocenters. The maximum absolute atomic E-state index is 12.5. The van der Waals surface area contributed by atoms with Crippen molar-refractivity contribution in [3.05, 3.63) is 58.8 Å². The molecule has 0 radical (unpaired) electrons. The number of furan rings is 1. The first kappa shape index (κ1) is 16.9. The third kappa shape index (κ3) is 3.29. The molecule has 7 heteroatoms.